The predicted molar refractivity (Wildman–Crippen MR) is 89.4 cm³/mol. The molecule has 0 radical (unpaired) electrons. The number of para-hydroxylation sites is 1. The Hall–Kier alpha value is -1.80. The zero-order valence-electron chi connectivity index (χ0n) is 12.7. The highest BCUT2D eigenvalue weighted by Gasteiger charge is 2.25. The quantitative estimate of drug-likeness (QED) is 0.910. The number of nitrogens with one attached hydrogen (secondary N) is 1. The highest BCUT2D eigenvalue weighted by Crippen LogP contribution is 2.22. The summed E-state index contributed by atoms with van der Waals surface area (Å²) >= 11 is 0. The summed E-state index contributed by atoms with van der Waals surface area (Å²) in [5, 5.41) is 3.69. The zero-order valence-corrected chi connectivity index (χ0v) is 12.7. The van der Waals surface area contributed by atoms with E-state index in [1.165, 1.54) is 30.8 Å². The van der Waals surface area contributed by atoms with Crippen LogP contribution in [0.15, 0.2) is 60.7 Å². The Morgan fingerprint density at radius 3 is 2.33 bits per heavy atom. The molecular weight excluding hydrogens is 256 g/mol. The SMILES string of the molecule is C[C@@H]1CN(Cc2ccccc2)CC[C@H]1Nc1ccccc1. The first-order valence-electron chi connectivity index (χ1n) is 7.89. The summed E-state index contributed by atoms with van der Waals surface area (Å²) < 4.78 is 0. The Morgan fingerprint density at radius 1 is 1.00 bits per heavy atom. The van der Waals surface area contributed by atoms with Gasteiger partial charge in [0.05, 0.1) is 0 Å². The molecular formula is C19H24N2. The maximum Gasteiger partial charge on any atom is 0.0342 e. The average Bonchev–Trinajstić information content (AvgIpc) is 2.52. The number of likely N-dealkylation sites (tertiary alicyclic amines) is 1. The first kappa shape index (κ1) is 14.2. The van der Waals surface area contributed by atoms with Crippen molar-refractivity contribution in [3.63, 3.8) is 0 Å². The van der Waals surface area contributed by atoms with E-state index < -0.39 is 0 Å². The second-order valence-corrected chi connectivity index (χ2v) is 6.10. The minimum atomic E-state index is 0.583. The molecule has 2 aromatic rings. The lowest BCUT2D eigenvalue weighted by molar-refractivity contribution is 0.165. The largest absolute Gasteiger partial charge is 0.382 e. The van der Waals surface area contributed by atoms with Crippen molar-refractivity contribution < 1.29 is 0 Å². The van der Waals surface area contributed by atoms with Crippen LogP contribution in [0, 0.1) is 5.92 Å². The summed E-state index contributed by atoms with van der Waals surface area (Å²) in [5.74, 6) is 0.669. The molecule has 1 heterocycles. The van der Waals surface area contributed by atoms with Crippen LogP contribution in [0.3, 0.4) is 0 Å². The van der Waals surface area contributed by atoms with Crippen LogP contribution in [0.5, 0.6) is 0 Å². The molecule has 0 spiro atoms. The molecule has 1 aliphatic rings. The summed E-state index contributed by atoms with van der Waals surface area (Å²) in [4.78, 5) is 2.57. The molecule has 110 valence electrons. The third-order valence-corrected chi connectivity index (χ3v) is 4.36. The molecule has 0 bridgehead atoms. The van der Waals surface area contributed by atoms with Gasteiger partial charge in [-0.25, -0.2) is 0 Å². The first-order valence-corrected chi connectivity index (χ1v) is 7.89. The summed E-state index contributed by atoms with van der Waals surface area (Å²) in [6.45, 7) is 5.77. The smallest absolute Gasteiger partial charge is 0.0342 e. The Kier molecular flexibility index (Phi) is 4.56. The van der Waals surface area contributed by atoms with Crippen molar-refractivity contribution in [1.29, 1.82) is 0 Å². The van der Waals surface area contributed by atoms with Crippen molar-refractivity contribution >= 4 is 5.69 Å². The molecule has 1 aliphatic heterocycles. The molecule has 0 saturated carbocycles. The fourth-order valence-corrected chi connectivity index (χ4v) is 3.18. The molecule has 1 saturated heterocycles. The summed E-state index contributed by atoms with van der Waals surface area (Å²) in [6, 6.07) is 21.9. The molecule has 2 heteroatoms. The molecule has 2 nitrogen and oxygen atoms in total. The van der Waals surface area contributed by atoms with E-state index in [9.17, 15) is 0 Å². The van der Waals surface area contributed by atoms with Gasteiger partial charge in [-0.05, 0) is 30.0 Å². The number of anilines is 1. The fourth-order valence-electron chi connectivity index (χ4n) is 3.18. The van der Waals surface area contributed by atoms with E-state index in [-0.39, 0.29) is 0 Å². The molecule has 0 aromatic heterocycles. The molecule has 3 rings (SSSR count). The van der Waals surface area contributed by atoms with Crippen molar-refractivity contribution in [1.82, 2.24) is 4.90 Å². The van der Waals surface area contributed by atoms with E-state index in [1.54, 1.807) is 0 Å². The second kappa shape index (κ2) is 6.77. The van der Waals surface area contributed by atoms with Gasteiger partial charge in [0.15, 0.2) is 0 Å². The Labute approximate surface area is 127 Å². The molecule has 1 N–H and O–H groups in total. The van der Waals surface area contributed by atoms with Gasteiger partial charge in [0.2, 0.25) is 0 Å². The minimum absolute atomic E-state index is 0.583. The third-order valence-electron chi connectivity index (χ3n) is 4.36. The van der Waals surface area contributed by atoms with Crippen LogP contribution in [0.2, 0.25) is 0 Å². The van der Waals surface area contributed by atoms with Crippen LogP contribution in [0.25, 0.3) is 0 Å². The Morgan fingerprint density at radius 2 is 1.67 bits per heavy atom. The van der Waals surface area contributed by atoms with Crippen LogP contribution in [0.4, 0.5) is 5.69 Å². The number of rotatable bonds is 4. The Bertz CT molecular complexity index is 538. The van der Waals surface area contributed by atoms with Crippen molar-refractivity contribution in [2.75, 3.05) is 18.4 Å². The number of hydrogen-bond acceptors (Lipinski definition) is 2. The fraction of sp³-hybridized carbons (Fsp3) is 0.368. The number of piperidine rings is 1. The Balaban J connectivity index is 1.54. The predicted octanol–water partition coefficient (Wildman–Crippen LogP) is 4.01. The van der Waals surface area contributed by atoms with Crippen LogP contribution < -0.4 is 5.32 Å². The van der Waals surface area contributed by atoms with Gasteiger partial charge in [0, 0.05) is 31.4 Å². The summed E-state index contributed by atoms with van der Waals surface area (Å²) in [6.07, 6.45) is 1.21. The van der Waals surface area contributed by atoms with Crippen molar-refractivity contribution in [2.45, 2.75) is 25.9 Å². The molecule has 0 unspecified atom stereocenters. The topological polar surface area (TPSA) is 15.3 Å². The molecule has 0 aliphatic carbocycles. The third kappa shape index (κ3) is 3.85. The van der Waals surface area contributed by atoms with Crippen LogP contribution >= 0.6 is 0 Å². The van der Waals surface area contributed by atoms with Gasteiger partial charge in [-0.15, -0.1) is 0 Å². The average molecular weight is 280 g/mol. The summed E-state index contributed by atoms with van der Waals surface area (Å²) in [7, 11) is 0. The minimum Gasteiger partial charge on any atom is -0.382 e. The molecule has 2 aromatic carbocycles. The van der Waals surface area contributed by atoms with Gasteiger partial charge in [-0.3, -0.25) is 4.90 Å². The van der Waals surface area contributed by atoms with Crippen molar-refractivity contribution in [2.24, 2.45) is 5.92 Å². The van der Waals surface area contributed by atoms with Crippen LogP contribution in [-0.2, 0) is 6.54 Å². The van der Waals surface area contributed by atoms with Crippen molar-refractivity contribution in [3.8, 4) is 0 Å². The number of benzene rings is 2. The lowest BCUT2D eigenvalue weighted by atomic mass is 9.93. The van der Waals surface area contributed by atoms with Crippen LogP contribution in [0.1, 0.15) is 18.9 Å². The highest BCUT2D eigenvalue weighted by atomic mass is 15.1. The normalized spacial score (nSPS) is 22.9. The van der Waals surface area contributed by atoms with Gasteiger partial charge in [0.1, 0.15) is 0 Å². The van der Waals surface area contributed by atoms with Gasteiger partial charge in [0.25, 0.3) is 0 Å². The maximum absolute atomic E-state index is 3.69. The lowest BCUT2D eigenvalue weighted by Gasteiger charge is -2.37. The highest BCUT2D eigenvalue weighted by molar-refractivity contribution is 5.43. The summed E-state index contributed by atoms with van der Waals surface area (Å²) in [5.41, 5.74) is 2.66. The maximum atomic E-state index is 3.69. The first-order chi connectivity index (χ1) is 10.3. The van der Waals surface area contributed by atoms with Gasteiger partial charge in [-0.2, -0.15) is 0 Å². The monoisotopic (exact) mass is 280 g/mol. The standard InChI is InChI=1S/C19H24N2/c1-16-14-21(15-17-8-4-2-5-9-17)13-12-19(16)20-18-10-6-3-7-11-18/h2-11,16,19-20H,12-15H2,1H3/t16-,19-/m1/s1. The molecule has 1 fully saturated rings. The number of hydrogen-bond donors (Lipinski definition) is 1. The van der Waals surface area contributed by atoms with E-state index in [0.717, 1.165) is 6.54 Å². The van der Waals surface area contributed by atoms with E-state index in [2.05, 4.69) is 77.8 Å². The van der Waals surface area contributed by atoms with Gasteiger partial charge >= 0.3 is 0 Å². The number of nitrogens with zero attached hydrogens (tertiary/aromatic N) is 1. The lowest BCUT2D eigenvalue weighted by Crippen LogP contribution is -2.44. The molecule has 21 heavy (non-hydrogen) atoms. The van der Waals surface area contributed by atoms with Gasteiger partial charge < -0.3 is 5.32 Å². The van der Waals surface area contributed by atoms with Gasteiger partial charge in [-0.1, -0.05) is 55.5 Å². The molecule has 0 amide bonds. The van der Waals surface area contributed by atoms with E-state index >= 15 is 0 Å². The van der Waals surface area contributed by atoms with Crippen molar-refractivity contribution in [3.05, 3.63) is 66.2 Å². The molecule has 2 atom stereocenters. The van der Waals surface area contributed by atoms with E-state index in [1.807, 2.05) is 0 Å². The van der Waals surface area contributed by atoms with E-state index in [0.29, 0.717) is 12.0 Å². The zero-order chi connectivity index (χ0) is 14.5. The second-order valence-electron chi connectivity index (χ2n) is 6.10. The van der Waals surface area contributed by atoms with E-state index in [4.69, 9.17) is 0 Å². The van der Waals surface area contributed by atoms with Crippen LogP contribution in [-0.4, -0.2) is 24.0 Å².